The molecule has 2 unspecified atom stereocenters. The topological polar surface area (TPSA) is 13.1 Å². The summed E-state index contributed by atoms with van der Waals surface area (Å²) in [6.07, 6.45) is 2.93. The average molecular weight is 157 g/mol. The second-order valence-electron chi connectivity index (χ2n) is 2.77. The Balaban J connectivity index is 2.05. The number of hydrogen-bond donors (Lipinski definition) is 0. The maximum absolute atomic E-state index is 5.67. The molecule has 1 saturated carbocycles. The number of halogens is 1. The van der Waals surface area contributed by atoms with Crippen LogP contribution in [0, 0.1) is 5.92 Å². The van der Waals surface area contributed by atoms with Crippen LogP contribution < -0.4 is 0 Å². The molecule has 0 bridgehead atoms. The maximum atomic E-state index is 5.67. The lowest BCUT2D eigenvalue weighted by Crippen LogP contribution is -1.80. The monoisotopic (exact) mass is 156 g/mol. The molecule has 1 nitrogen and oxygen atoms in total. The second kappa shape index (κ2) is 2.31. The van der Waals surface area contributed by atoms with Gasteiger partial charge in [-0.2, -0.15) is 0 Å². The first-order chi connectivity index (χ1) is 4.92. The Hall–Kier alpha value is -0.430. The van der Waals surface area contributed by atoms with E-state index in [0.717, 1.165) is 11.6 Å². The van der Waals surface area contributed by atoms with Crippen LogP contribution >= 0.6 is 11.6 Å². The molecule has 1 aliphatic carbocycles. The molecule has 0 spiro atoms. The molecule has 10 heavy (non-hydrogen) atoms. The van der Waals surface area contributed by atoms with Crippen LogP contribution in [0.1, 0.15) is 18.1 Å². The molecular weight excluding hydrogens is 148 g/mol. The van der Waals surface area contributed by atoms with Gasteiger partial charge in [-0.1, -0.05) is 0 Å². The number of alkyl halides is 1. The van der Waals surface area contributed by atoms with Gasteiger partial charge in [0.1, 0.15) is 5.76 Å². The van der Waals surface area contributed by atoms with E-state index in [2.05, 4.69) is 0 Å². The lowest BCUT2D eigenvalue weighted by Gasteiger charge is -1.88. The van der Waals surface area contributed by atoms with Crippen LogP contribution in [0.2, 0.25) is 0 Å². The summed E-state index contributed by atoms with van der Waals surface area (Å²) >= 11 is 5.67. The largest absolute Gasteiger partial charge is 0.469 e. The smallest absolute Gasteiger partial charge is 0.107 e. The summed E-state index contributed by atoms with van der Waals surface area (Å²) < 4.78 is 5.23. The van der Waals surface area contributed by atoms with Gasteiger partial charge < -0.3 is 4.42 Å². The molecule has 1 aromatic heterocycles. The van der Waals surface area contributed by atoms with E-state index in [9.17, 15) is 0 Å². The summed E-state index contributed by atoms with van der Waals surface area (Å²) in [5, 5.41) is 0. The van der Waals surface area contributed by atoms with Gasteiger partial charge in [0.2, 0.25) is 0 Å². The minimum absolute atomic E-state index is 0.618. The number of furan rings is 1. The molecule has 1 aromatic rings. The minimum atomic E-state index is 0.618. The first-order valence-electron chi connectivity index (χ1n) is 3.51. The first kappa shape index (κ1) is 6.29. The van der Waals surface area contributed by atoms with E-state index in [1.54, 1.807) is 6.26 Å². The van der Waals surface area contributed by atoms with E-state index < -0.39 is 0 Å². The van der Waals surface area contributed by atoms with Crippen molar-refractivity contribution in [2.75, 3.05) is 5.88 Å². The molecule has 0 N–H and O–H groups in total. The minimum Gasteiger partial charge on any atom is -0.469 e. The van der Waals surface area contributed by atoms with Crippen molar-refractivity contribution in [3.05, 3.63) is 24.2 Å². The Morgan fingerprint density at radius 2 is 2.60 bits per heavy atom. The lowest BCUT2D eigenvalue weighted by molar-refractivity contribution is 0.506. The van der Waals surface area contributed by atoms with Crippen LogP contribution in [0.15, 0.2) is 22.8 Å². The highest BCUT2D eigenvalue weighted by Gasteiger charge is 2.39. The fraction of sp³-hybridized carbons (Fsp3) is 0.500. The first-order valence-corrected chi connectivity index (χ1v) is 4.04. The Morgan fingerprint density at radius 1 is 1.70 bits per heavy atom. The fourth-order valence-corrected chi connectivity index (χ4v) is 1.61. The highest BCUT2D eigenvalue weighted by molar-refractivity contribution is 6.18. The van der Waals surface area contributed by atoms with Crippen LogP contribution in [0.3, 0.4) is 0 Å². The zero-order valence-corrected chi connectivity index (χ0v) is 6.34. The zero-order valence-electron chi connectivity index (χ0n) is 5.59. The third-order valence-electron chi connectivity index (χ3n) is 2.03. The Labute approximate surface area is 65.0 Å². The molecule has 1 aliphatic rings. The van der Waals surface area contributed by atoms with Crippen LogP contribution in [0.25, 0.3) is 0 Å². The predicted octanol–water partition coefficient (Wildman–Crippen LogP) is 2.62. The van der Waals surface area contributed by atoms with E-state index in [4.69, 9.17) is 16.0 Å². The quantitative estimate of drug-likeness (QED) is 0.600. The lowest BCUT2D eigenvalue weighted by atomic mass is 10.3. The van der Waals surface area contributed by atoms with Gasteiger partial charge in [0.25, 0.3) is 0 Å². The Morgan fingerprint density at radius 3 is 3.10 bits per heavy atom. The van der Waals surface area contributed by atoms with Crippen molar-refractivity contribution in [2.45, 2.75) is 12.3 Å². The molecule has 0 saturated heterocycles. The van der Waals surface area contributed by atoms with E-state index in [0.29, 0.717) is 11.8 Å². The molecule has 0 aliphatic heterocycles. The number of hydrogen-bond acceptors (Lipinski definition) is 1. The van der Waals surface area contributed by atoms with Gasteiger partial charge in [-0.3, -0.25) is 0 Å². The highest BCUT2D eigenvalue weighted by Crippen LogP contribution is 2.47. The van der Waals surface area contributed by atoms with Gasteiger partial charge in [-0.25, -0.2) is 0 Å². The van der Waals surface area contributed by atoms with E-state index in [1.807, 2.05) is 12.1 Å². The van der Waals surface area contributed by atoms with Crippen LogP contribution in [0.5, 0.6) is 0 Å². The van der Waals surface area contributed by atoms with Gasteiger partial charge in [-0.15, -0.1) is 11.6 Å². The molecule has 1 heterocycles. The van der Waals surface area contributed by atoms with Gasteiger partial charge in [0.15, 0.2) is 0 Å². The molecule has 1 fully saturated rings. The van der Waals surface area contributed by atoms with Gasteiger partial charge in [0.05, 0.1) is 6.26 Å². The van der Waals surface area contributed by atoms with Crippen molar-refractivity contribution >= 4 is 11.6 Å². The molecular formula is C8H9ClO. The summed E-state index contributed by atoms with van der Waals surface area (Å²) in [5.41, 5.74) is 0. The van der Waals surface area contributed by atoms with Gasteiger partial charge in [0, 0.05) is 11.8 Å². The summed E-state index contributed by atoms with van der Waals surface area (Å²) in [5.74, 6) is 3.16. The van der Waals surface area contributed by atoms with Crippen LogP contribution in [-0.2, 0) is 0 Å². The van der Waals surface area contributed by atoms with Crippen LogP contribution in [0.4, 0.5) is 0 Å². The molecule has 2 atom stereocenters. The van der Waals surface area contributed by atoms with Crippen molar-refractivity contribution in [2.24, 2.45) is 5.92 Å². The summed E-state index contributed by atoms with van der Waals surface area (Å²) in [6.45, 7) is 0. The second-order valence-corrected chi connectivity index (χ2v) is 3.08. The van der Waals surface area contributed by atoms with Gasteiger partial charge >= 0.3 is 0 Å². The van der Waals surface area contributed by atoms with Gasteiger partial charge in [-0.05, 0) is 24.5 Å². The van der Waals surface area contributed by atoms with Crippen molar-refractivity contribution in [3.63, 3.8) is 0 Å². The molecule has 0 amide bonds. The van der Waals surface area contributed by atoms with Crippen molar-refractivity contribution in [1.29, 1.82) is 0 Å². The summed E-state index contributed by atoms with van der Waals surface area (Å²) in [6, 6.07) is 3.95. The molecule has 54 valence electrons. The summed E-state index contributed by atoms with van der Waals surface area (Å²) in [7, 11) is 0. The normalized spacial score (nSPS) is 30.5. The standard InChI is InChI=1S/C8H9ClO/c9-5-6-4-7(6)8-2-1-3-10-8/h1-3,6-7H,4-5H2. The third-order valence-corrected chi connectivity index (χ3v) is 2.43. The number of rotatable bonds is 2. The van der Waals surface area contributed by atoms with E-state index >= 15 is 0 Å². The molecule has 2 heteroatoms. The Kier molecular flexibility index (Phi) is 1.46. The van der Waals surface area contributed by atoms with Crippen molar-refractivity contribution in [3.8, 4) is 0 Å². The van der Waals surface area contributed by atoms with E-state index in [1.165, 1.54) is 6.42 Å². The Bertz CT molecular complexity index is 205. The SMILES string of the molecule is ClCC1CC1c1ccco1. The third kappa shape index (κ3) is 0.948. The average Bonchev–Trinajstić information content (AvgIpc) is 2.56. The molecule has 0 radical (unpaired) electrons. The van der Waals surface area contributed by atoms with Crippen molar-refractivity contribution in [1.82, 2.24) is 0 Å². The summed E-state index contributed by atoms with van der Waals surface area (Å²) in [4.78, 5) is 0. The van der Waals surface area contributed by atoms with E-state index in [-0.39, 0.29) is 0 Å². The molecule has 2 rings (SSSR count). The predicted molar refractivity (Wildman–Crippen MR) is 40.3 cm³/mol. The zero-order chi connectivity index (χ0) is 6.97. The molecule has 0 aromatic carbocycles. The van der Waals surface area contributed by atoms with Crippen LogP contribution in [-0.4, -0.2) is 5.88 Å². The maximum Gasteiger partial charge on any atom is 0.107 e. The fourth-order valence-electron chi connectivity index (χ4n) is 1.27. The highest BCUT2D eigenvalue weighted by atomic mass is 35.5. The van der Waals surface area contributed by atoms with Crippen molar-refractivity contribution < 1.29 is 4.42 Å².